The topological polar surface area (TPSA) is 137 Å². The molecule has 0 amide bonds. The van der Waals surface area contributed by atoms with Gasteiger partial charge in [0.05, 0.1) is 24.0 Å². The second kappa shape index (κ2) is 5.94. The molecule has 4 rings (SSSR count). The van der Waals surface area contributed by atoms with Crippen LogP contribution >= 0.6 is 0 Å². The van der Waals surface area contributed by atoms with Crippen LogP contribution in [0.25, 0.3) is 0 Å². The minimum Gasteiger partial charge on any atom is -0.454 e. The fraction of sp³-hybridized carbons (Fsp3) is 0.222. The lowest BCUT2D eigenvalue weighted by molar-refractivity contribution is 0.173. The number of anilines is 2. The van der Waals surface area contributed by atoms with Gasteiger partial charge in [0, 0.05) is 23.5 Å². The SMILES string of the molecule is N#CC(c1cc2c(cc1N)OCO2)C(C#N)c1cc2c(cc1N)OCO2. The van der Waals surface area contributed by atoms with Gasteiger partial charge in [-0.05, 0) is 23.3 Å². The smallest absolute Gasteiger partial charge is 0.231 e. The van der Waals surface area contributed by atoms with E-state index in [1.807, 2.05) is 0 Å². The number of hydrogen-bond acceptors (Lipinski definition) is 8. The number of fused-ring (bicyclic) bond motifs is 2. The van der Waals surface area contributed by atoms with Gasteiger partial charge in [0.1, 0.15) is 0 Å². The predicted molar refractivity (Wildman–Crippen MR) is 90.7 cm³/mol. The van der Waals surface area contributed by atoms with Gasteiger partial charge >= 0.3 is 0 Å². The van der Waals surface area contributed by atoms with Crippen LogP contribution in [-0.2, 0) is 0 Å². The van der Waals surface area contributed by atoms with Gasteiger partial charge in [-0.3, -0.25) is 0 Å². The number of benzene rings is 2. The van der Waals surface area contributed by atoms with Crippen LogP contribution in [-0.4, -0.2) is 13.6 Å². The molecule has 0 saturated carbocycles. The molecule has 0 spiro atoms. The Balaban J connectivity index is 1.79. The lowest BCUT2D eigenvalue weighted by Crippen LogP contribution is -2.12. The molecular weight excluding hydrogens is 336 g/mol. The maximum absolute atomic E-state index is 9.77. The van der Waals surface area contributed by atoms with Crippen molar-refractivity contribution in [2.45, 2.75) is 11.8 Å². The van der Waals surface area contributed by atoms with Crippen LogP contribution in [0.15, 0.2) is 24.3 Å². The van der Waals surface area contributed by atoms with E-state index in [2.05, 4.69) is 12.1 Å². The average Bonchev–Trinajstić information content (AvgIpc) is 3.27. The highest BCUT2D eigenvalue weighted by molar-refractivity contribution is 5.65. The predicted octanol–water partition coefficient (Wildman–Crippen LogP) is 2.22. The number of nitrogen functional groups attached to an aromatic ring is 2. The molecule has 4 N–H and O–H groups in total. The number of nitrogens with two attached hydrogens (primary N) is 2. The van der Waals surface area contributed by atoms with Crippen molar-refractivity contribution in [2.75, 3.05) is 25.1 Å². The van der Waals surface area contributed by atoms with E-state index in [1.54, 1.807) is 24.3 Å². The van der Waals surface area contributed by atoms with E-state index >= 15 is 0 Å². The summed E-state index contributed by atoms with van der Waals surface area (Å²) in [6.07, 6.45) is 0. The Bertz CT molecular complexity index is 897. The summed E-state index contributed by atoms with van der Waals surface area (Å²) in [7, 11) is 0. The van der Waals surface area contributed by atoms with Crippen molar-refractivity contribution in [2.24, 2.45) is 0 Å². The van der Waals surface area contributed by atoms with E-state index in [4.69, 9.17) is 30.4 Å². The number of nitriles is 2. The Morgan fingerprint density at radius 2 is 1.04 bits per heavy atom. The van der Waals surface area contributed by atoms with Crippen LogP contribution in [0.5, 0.6) is 23.0 Å². The van der Waals surface area contributed by atoms with Gasteiger partial charge in [-0.15, -0.1) is 0 Å². The van der Waals surface area contributed by atoms with Crippen molar-refractivity contribution in [1.82, 2.24) is 0 Å². The van der Waals surface area contributed by atoms with Gasteiger partial charge in [0.2, 0.25) is 13.6 Å². The first-order valence-corrected chi connectivity index (χ1v) is 7.79. The zero-order valence-corrected chi connectivity index (χ0v) is 13.6. The van der Waals surface area contributed by atoms with E-state index in [9.17, 15) is 10.5 Å². The van der Waals surface area contributed by atoms with Gasteiger partial charge in [0.25, 0.3) is 0 Å². The molecular formula is C18H14N4O4. The van der Waals surface area contributed by atoms with Gasteiger partial charge in [-0.1, -0.05) is 0 Å². The Hall–Kier alpha value is -3.78. The molecule has 2 aromatic carbocycles. The summed E-state index contributed by atoms with van der Waals surface area (Å²) < 4.78 is 21.3. The molecule has 2 aliphatic rings. The minimum atomic E-state index is -0.850. The molecule has 0 aromatic heterocycles. The highest BCUT2D eigenvalue weighted by Gasteiger charge is 2.31. The fourth-order valence-electron chi connectivity index (χ4n) is 3.13. The molecule has 2 aromatic rings. The third kappa shape index (κ3) is 2.36. The molecule has 0 saturated heterocycles. The van der Waals surface area contributed by atoms with E-state index in [-0.39, 0.29) is 13.6 Å². The number of hydrogen-bond donors (Lipinski definition) is 2. The van der Waals surface area contributed by atoms with Crippen molar-refractivity contribution in [3.8, 4) is 35.1 Å². The average molecular weight is 350 g/mol. The maximum atomic E-state index is 9.77. The molecule has 2 atom stereocenters. The molecule has 0 bridgehead atoms. The van der Waals surface area contributed by atoms with Crippen LogP contribution in [0, 0.1) is 22.7 Å². The van der Waals surface area contributed by atoms with Gasteiger partial charge < -0.3 is 30.4 Å². The molecule has 2 unspecified atom stereocenters. The van der Waals surface area contributed by atoms with Crippen LogP contribution in [0.4, 0.5) is 11.4 Å². The molecule has 0 aliphatic carbocycles. The molecule has 130 valence electrons. The molecule has 2 aliphatic heterocycles. The third-order valence-electron chi connectivity index (χ3n) is 4.44. The zero-order chi connectivity index (χ0) is 18.3. The van der Waals surface area contributed by atoms with Gasteiger partial charge in [-0.25, -0.2) is 0 Å². The Kier molecular flexibility index (Phi) is 3.59. The lowest BCUT2D eigenvalue weighted by atomic mass is 9.81. The largest absolute Gasteiger partial charge is 0.454 e. The Morgan fingerprint density at radius 3 is 1.38 bits per heavy atom. The summed E-state index contributed by atoms with van der Waals surface area (Å²) in [5.74, 6) is 0.307. The highest BCUT2D eigenvalue weighted by atomic mass is 16.7. The summed E-state index contributed by atoms with van der Waals surface area (Å²) in [5, 5.41) is 19.5. The third-order valence-corrected chi connectivity index (χ3v) is 4.44. The highest BCUT2D eigenvalue weighted by Crippen LogP contribution is 2.45. The van der Waals surface area contributed by atoms with Gasteiger partial charge in [-0.2, -0.15) is 10.5 Å². The van der Waals surface area contributed by atoms with Crippen LogP contribution in [0.3, 0.4) is 0 Å². The van der Waals surface area contributed by atoms with Crippen LogP contribution in [0.1, 0.15) is 23.0 Å². The molecule has 2 heterocycles. The zero-order valence-electron chi connectivity index (χ0n) is 13.6. The molecule has 8 nitrogen and oxygen atoms in total. The van der Waals surface area contributed by atoms with Crippen molar-refractivity contribution >= 4 is 11.4 Å². The Morgan fingerprint density at radius 1 is 0.692 bits per heavy atom. The summed E-state index contributed by atoms with van der Waals surface area (Å²) >= 11 is 0. The van der Waals surface area contributed by atoms with Crippen LogP contribution in [0.2, 0.25) is 0 Å². The van der Waals surface area contributed by atoms with Crippen molar-refractivity contribution in [3.05, 3.63) is 35.4 Å². The molecule has 8 heteroatoms. The first-order valence-electron chi connectivity index (χ1n) is 7.79. The van der Waals surface area contributed by atoms with E-state index in [0.717, 1.165) is 0 Å². The number of ether oxygens (including phenoxy) is 4. The normalized spacial score (nSPS) is 15.8. The van der Waals surface area contributed by atoms with Crippen molar-refractivity contribution < 1.29 is 18.9 Å². The van der Waals surface area contributed by atoms with Crippen LogP contribution < -0.4 is 30.4 Å². The van der Waals surface area contributed by atoms with Crippen molar-refractivity contribution in [1.29, 1.82) is 10.5 Å². The monoisotopic (exact) mass is 350 g/mol. The summed E-state index contributed by atoms with van der Waals surface area (Å²) in [6.45, 7) is 0.179. The maximum Gasteiger partial charge on any atom is 0.231 e. The quantitative estimate of drug-likeness (QED) is 0.804. The second-order valence-corrected chi connectivity index (χ2v) is 5.88. The van der Waals surface area contributed by atoms with E-state index < -0.39 is 11.8 Å². The number of rotatable bonds is 3. The van der Waals surface area contributed by atoms with E-state index in [0.29, 0.717) is 45.5 Å². The standard InChI is InChI=1S/C18H14N4O4/c19-5-11(9-1-15-17(3-13(9)21)25-7-23-15)12(6-20)10-2-16-18(4-14(10)22)26-8-24-16/h1-4,11-12H,7-8,21-22H2. The van der Waals surface area contributed by atoms with Crippen molar-refractivity contribution in [3.63, 3.8) is 0 Å². The molecule has 26 heavy (non-hydrogen) atoms. The molecule has 0 radical (unpaired) electrons. The summed E-state index contributed by atoms with van der Waals surface area (Å²) in [5.41, 5.74) is 13.9. The first-order chi connectivity index (χ1) is 12.6. The fourth-order valence-corrected chi connectivity index (χ4v) is 3.13. The Labute approximate surface area is 149 Å². The summed E-state index contributed by atoms with van der Waals surface area (Å²) in [6, 6.07) is 10.8. The number of nitrogens with zero attached hydrogens (tertiary/aromatic N) is 2. The lowest BCUT2D eigenvalue weighted by Gasteiger charge is -2.20. The second-order valence-electron chi connectivity index (χ2n) is 5.88. The molecule has 0 fully saturated rings. The van der Waals surface area contributed by atoms with E-state index in [1.165, 1.54) is 0 Å². The van der Waals surface area contributed by atoms with Gasteiger partial charge in [0.15, 0.2) is 23.0 Å². The first kappa shape index (κ1) is 15.7. The minimum absolute atomic E-state index is 0.0895. The summed E-state index contributed by atoms with van der Waals surface area (Å²) in [4.78, 5) is 0.